The van der Waals surface area contributed by atoms with Crippen LogP contribution in [0.15, 0.2) is 53.7 Å². The Morgan fingerprint density at radius 2 is 2.17 bits per heavy atom. The van der Waals surface area contributed by atoms with Gasteiger partial charge in [0.05, 0.1) is 0 Å². The van der Waals surface area contributed by atoms with E-state index in [0.29, 0.717) is 0 Å². The first-order valence-corrected chi connectivity index (χ1v) is 5.73. The molecule has 4 aromatic heterocycles. The second-order valence-electron chi connectivity index (χ2n) is 4.17. The highest BCUT2D eigenvalue weighted by Gasteiger charge is 2.13. The summed E-state index contributed by atoms with van der Waals surface area (Å²) in [5.41, 5.74) is 3.94. The number of furan rings is 1. The highest BCUT2D eigenvalue weighted by molar-refractivity contribution is 6.02. The largest absolute Gasteiger partial charge is 0.457 e. The van der Waals surface area contributed by atoms with Crippen LogP contribution in [0.25, 0.3) is 33.1 Å². The number of nitrogens with zero attached hydrogens (tertiary/aromatic N) is 1. The number of aromatic amines is 2. The van der Waals surface area contributed by atoms with Crippen molar-refractivity contribution in [3.8, 4) is 11.1 Å². The van der Waals surface area contributed by atoms with E-state index in [4.69, 9.17) is 4.42 Å². The van der Waals surface area contributed by atoms with Gasteiger partial charge in [0.2, 0.25) is 6.20 Å². The molecule has 0 aliphatic heterocycles. The lowest BCUT2D eigenvalue weighted by Gasteiger charge is -1.94. The summed E-state index contributed by atoms with van der Waals surface area (Å²) in [5, 5.41) is 2.20. The molecule has 4 heteroatoms. The van der Waals surface area contributed by atoms with E-state index in [1.807, 2.05) is 30.7 Å². The molecular weight excluding hydrogens is 226 g/mol. The zero-order valence-corrected chi connectivity index (χ0v) is 9.47. The fourth-order valence-corrected chi connectivity index (χ4v) is 2.31. The Labute approximate surface area is 102 Å². The summed E-state index contributed by atoms with van der Waals surface area (Å²) in [5.74, 6) is 0. The molecule has 0 atom stereocenters. The van der Waals surface area contributed by atoms with E-state index in [1.54, 1.807) is 12.5 Å². The van der Waals surface area contributed by atoms with E-state index >= 15 is 0 Å². The van der Waals surface area contributed by atoms with Crippen LogP contribution in [0.5, 0.6) is 0 Å². The van der Waals surface area contributed by atoms with Gasteiger partial charge in [0, 0.05) is 40.4 Å². The minimum atomic E-state index is 0.853. The smallest absolute Gasteiger partial charge is 0.210 e. The summed E-state index contributed by atoms with van der Waals surface area (Å²) in [4.78, 5) is 10.5. The molecule has 4 aromatic rings. The maximum atomic E-state index is 5.56. The normalized spacial score (nSPS) is 11.3. The molecule has 4 heterocycles. The summed E-state index contributed by atoms with van der Waals surface area (Å²) < 4.78 is 5.56. The second kappa shape index (κ2) is 3.43. The van der Waals surface area contributed by atoms with Gasteiger partial charge >= 0.3 is 0 Å². The lowest BCUT2D eigenvalue weighted by atomic mass is 10.1. The summed E-state index contributed by atoms with van der Waals surface area (Å²) in [6.45, 7) is 0. The highest BCUT2D eigenvalue weighted by Crippen LogP contribution is 2.33. The Morgan fingerprint density at radius 1 is 1.17 bits per heavy atom. The van der Waals surface area contributed by atoms with Crippen LogP contribution < -0.4 is 4.98 Å². The molecule has 0 saturated carbocycles. The maximum absolute atomic E-state index is 5.56. The third-order valence-electron chi connectivity index (χ3n) is 3.16. The Balaban J connectivity index is 2.08. The summed E-state index contributed by atoms with van der Waals surface area (Å²) in [7, 11) is 0. The van der Waals surface area contributed by atoms with Crippen LogP contribution in [-0.4, -0.2) is 9.97 Å². The van der Waals surface area contributed by atoms with E-state index < -0.39 is 0 Å². The van der Waals surface area contributed by atoms with Crippen molar-refractivity contribution in [2.45, 2.75) is 0 Å². The van der Waals surface area contributed by atoms with Crippen LogP contribution in [0.1, 0.15) is 0 Å². The summed E-state index contributed by atoms with van der Waals surface area (Å²) >= 11 is 0. The zero-order chi connectivity index (χ0) is 11.9. The van der Waals surface area contributed by atoms with Gasteiger partial charge in [-0.05, 0) is 12.1 Å². The summed E-state index contributed by atoms with van der Waals surface area (Å²) in [6, 6.07) is 6.02. The van der Waals surface area contributed by atoms with Gasteiger partial charge in [-0.2, -0.15) is 0 Å². The molecule has 4 rings (SSSR count). The van der Waals surface area contributed by atoms with Gasteiger partial charge in [-0.25, -0.2) is 9.97 Å². The van der Waals surface area contributed by atoms with Crippen molar-refractivity contribution >= 4 is 22.0 Å². The number of nitrogens with one attached hydrogen (secondary N) is 2. The van der Waals surface area contributed by atoms with Crippen molar-refractivity contribution in [3.63, 3.8) is 0 Å². The maximum Gasteiger partial charge on any atom is 0.210 e. The number of fused-ring (bicyclic) bond motifs is 2. The Hall–Kier alpha value is -2.62. The van der Waals surface area contributed by atoms with Crippen LogP contribution in [0.2, 0.25) is 0 Å². The van der Waals surface area contributed by atoms with Gasteiger partial charge in [-0.3, -0.25) is 0 Å². The average Bonchev–Trinajstić information content (AvgIpc) is 3.01. The third-order valence-corrected chi connectivity index (χ3v) is 3.16. The van der Waals surface area contributed by atoms with E-state index in [1.165, 1.54) is 0 Å². The van der Waals surface area contributed by atoms with Gasteiger partial charge in [0.15, 0.2) is 11.8 Å². The number of pyridine rings is 2. The number of aromatic nitrogens is 3. The van der Waals surface area contributed by atoms with Crippen LogP contribution in [0, 0.1) is 0 Å². The molecule has 0 spiro atoms. The molecule has 0 radical (unpaired) electrons. The first kappa shape index (κ1) is 9.41. The van der Waals surface area contributed by atoms with Gasteiger partial charge in [0.25, 0.3) is 0 Å². The van der Waals surface area contributed by atoms with Crippen molar-refractivity contribution in [2.24, 2.45) is 0 Å². The quantitative estimate of drug-likeness (QED) is 0.552. The molecule has 0 saturated heterocycles. The fraction of sp³-hybridized carbons (Fsp3) is 0. The molecule has 0 fully saturated rings. The molecule has 2 N–H and O–H groups in total. The molecule has 4 nitrogen and oxygen atoms in total. The zero-order valence-electron chi connectivity index (χ0n) is 9.47. The van der Waals surface area contributed by atoms with Crippen molar-refractivity contribution in [3.05, 3.63) is 49.2 Å². The van der Waals surface area contributed by atoms with Crippen LogP contribution in [-0.2, 0) is 0 Å². The van der Waals surface area contributed by atoms with Crippen molar-refractivity contribution < 1.29 is 9.40 Å². The van der Waals surface area contributed by atoms with Crippen LogP contribution >= 0.6 is 0 Å². The molecule has 0 amide bonds. The molecule has 0 aromatic carbocycles. The molecule has 0 bridgehead atoms. The van der Waals surface area contributed by atoms with Crippen molar-refractivity contribution in [1.82, 2.24) is 9.97 Å². The SMILES string of the molecule is c1cnc2[nH]cc(-c3coc4c[nH+]ccc34)c2c1. The van der Waals surface area contributed by atoms with E-state index in [-0.39, 0.29) is 0 Å². The first-order chi connectivity index (χ1) is 8.93. The third kappa shape index (κ3) is 1.20. The van der Waals surface area contributed by atoms with Crippen LogP contribution in [0.4, 0.5) is 0 Å². The molecule has 0 unspecified atom stereocenters. The second-order valence-corrected chi connectivity index (χ2v) is 4.17. The Kier molecular flexibility index (Phi) is 1.80. The molecule has 86 valence electrons. The number of hydrogen-bond donors (Lipinski definition) is 1. The molecule has 0 aliphatic carbocycles. The Morgan fingerprint density at radius 3 is 3.17 bits per heavy atom. The standard InChI is InChI=1S/C14H9N3O/c1-2-10-11(6-17-14(10)16-4-1)12-8-18-13-7-15-5-3-9(12)13/h1-8H,(H,16,17)/p+1. The number of H-pyrrole nitrogens is 2. The van der Waals surface area contributed by atoms with E-state index in [0.717, 1.165) is 33.1 Å². The lowest BCUT2D eigenvalue weighted by Crippen LogP contribution is -1.95. The molecular formula is C14H10N3O+. The topological polar surface area (TPSA) is 56.0 Å². The number of hydrogen-bond acceptors (Lipinski definition) is 2. The Bertz CT molecular complexity index is 772. The minimum absolute atomic E-state index is 0.853. The fourth-order valence-electron chi connectivity index (χ4n) is 2.31. The van der Waals surface area contributed by atoms with E-state index in [2.05, 4.69) is 21.0 Å². The van der Waals surface area contributed by atoms with Gasteiger partial charge in [-0.1, -0.05) is 0 Å². The predicted octanol–water partition coefficient (Wildman–Crippen LogP) is 2.79. The monoisotopic (exact) mass is 236 g/mol. The molecule has 18 heavy (non-hydrogen) atoms. The number of rotatable bonds is 1. The highest BCUT2D eigenvalue weighted by atomic mass is 16.3. The van der Waals surface area contributed by atoms with Crippen LogP contribution in [0.3, 0.4) is 0 Å². The predicted molar refractivity (Wildman–Crippen MR) is 67.9 cm³/mol. The van der Waals surface area contributed by atoms with Gasteiger partial charge in [0.1, 0.15) is 11.9 Å². The minimum Gasteiger partial charge on any atom is -0.457 e. The van der Waals surface area contributed by atoms with Crippen molar-refractivity contribution in [2.75, 3.05) is 0 Å². The molecule has 0 aliphatic rings. The summed E-state index contributed by atoms with van der Waals surface area (Å²) in [6.07, 6.45) is 9.29. The first-order valence-electron chi connectivity index (χ1n) is 5.73. The van der Waals surface area contributed by atoms with Crippen molar-refractivity contribution in [1.29, 1.82) is 0 Å². The van der Waals surface area contributed by atoms with E-state index in [9.17, 15) is 0 Å². The lowest BCUT2D eigenvalue weighted by molar-refractivity contribution is -0.376. The van der Waals surface area contributed by atoms with Gasteiger partial charge in [-0.15, -0.1) is 0 Å². The average molecular weight is 236 g/mol. The van der Waals surface area contributed by atoms with Gasteiger partial charge < -0.3 is 9.40 Å².